The lowest BCUT2D eigenvalue weighted by molar-refractivity contribution is -0.143. The molecule has 0 fully saturated rings. The molecular formula is C20H18ClNO3. The third-order valence-electron chi connectivity index (χ3n) is 4.07. The zero-order valence-corrected chi connectivity index (χ0v) is 14.6. The fourth-order valence-electron chi connectivity index (χ4n) is 2.97. The van der Waals surface area contributed by atoms with Crippen LogP contribution in [0.25, 0.3) is 6.08 Å². The van der Waals surface area contributed by atoms with Crippen LogP contribution in [0.3, 0.4) is 0 Å². The summed E-state index contributed by atoms with van der Waals surface area (Å²) >= 11 is 5.89. The van der Waals surface area contributed by atoms with E-state index in [2.05, 4.69) is 0 Å². The van der Waals surface area contributed by atoms with Crippen molar-refractivity contribution in [1.29, 1.82) is 0 Å². The number of esters is 1. The SMILES string of the molecule is C[C@@H]1Cc2ccccc2N1C(=O)COC(=O)/C=C/c1cccc(Cl)c1. The van der Waals surface area contributed by atoms with Crippen LogP contribution >= 0.6 is 11.6 Å². The van der Waals surface area contributed by atoms with E-state index in [0.29, 0.717) is 5.02 Å². The Morgan fingerprint density at radius 1 is 1.24 bits per heavy atom. The van der Waals surface area contributed by atoms with E-state index in [9.17, 15) is 9.59 Å². The lowest BCUT2D eigenvalue weighted by Gasteiger charge is -2.22. The van der Waals surface area contributed by atoms with E-state index in [4.69, 9.17) is 16.3 Å². The Labute approximate surface area is 151 Å². The summed E-state index contributed by atoms with van der Waals surface area (Å²) in [6.45, 7) is 1.70. The third-order valence-corrected chi connectivity index (χ3v) is 4.31. The van der Waals surface area contributed by atoms with Gasteiger partial charge in [-0.15, -0.1) is 0 Å². The molecule has 2 aromatic rings. The number of benzene rings is 2. The van der Waals surface area contributed by atoms with Gasteiger partial charge in [0.15, 0.2) is 6.61 Å². The molecule has 0 saturated heterocycles. The molecule has 0 aliphatic carbocycles. The number of para-hydroxylation sites is 1. The van der Waals surface area contributed by atoms with E-state index in [1.165, 1.54) is 6.08 Å². The monoisotopic (exact) mass is 355 g/mol. The Morgan fingerprint density at radius 3 is 2.84 bits per heavy atom. The number of hydrogen-bond donors (Lipinski definition) is 0. The summed E-state index contributed by atoms with van der Waals surface area (Å²) in [5.41, 5.74) is 2.82. The molecule has 0 spiro atoms. The van der Waals surface area contributed by atoms with Gasteiger partial charge in [-0.25, -0.2) is 4.79 Å². The highest BCUT2D eigenvalue weighted by atomic mass is 35.5. The third kappa shape index (κ3) is 4.09. The number of nitrogens with zero attached hydrogens (tertiary/aromatic N) is 1. The van der Waals surface area contributed by atoms with E-state index in [1.54, 1.807) is 29.2 Å². The molecule has 0 bridgehead atoms. The van der Waals surface area contributed by atoms with Crippen molar-refractivity contribution < 1.29 is 14.3 Å². The van der Waals surface area contributed by atoms with E-state index < -0.39 is 5.97 Å². The van der Waals surface area contributed by atoms with Gasteiger partial charge in [-0.2, -0.15) is 0 Å². The molecule has 1 heterocycles. The molecule has 5 heteroatoms. The molecule has 25 heavy (non-hydrogen) atoms. The van der Waals surface area contributed by atoms with Crippen LogP contribution in [0.2, 0.25) is 5.02 Å². The highest BCUT2D eigenvalue weighted by Crippen LogP contribution is 2.31. The number of rotatable bonds is 4. The summed E-state index contributed by atoms with van der Waals surface area (Å²) in [5.74, 6) is -0.782. The number of carbonyl (C=O) groups is 2. The van der Waals surface area contributed by atoms with Crippen LogP contribution in [-0.2, 0) is 20.7 Å². The second-order valence-electron chi connectivity index (χ2n) is 5.94. The van der Waals surface area contributed by atoms with Crippen molar-refractivity contribution >= 4 is 35.2 Å². The summed E-state index contributed by atoms with van der Waals surface area (Å²) < 4.78 is 5.08. The molecule has 1 atom stereocenters. The quantitative estimate of drug-likeness (QED) is 0.617. The van der Waals surface area contributed by atoms with Crippen LogP contribution in [0.5, 0.6) is 0 Å². The van der Waals surface area contributed by atoms with Gasteiger partial charge in [0.2, 0.25) is 0 Å². The van der Waals surface area contributed by atoms with Gasteiger partial charge < -0.3 is 9.64 Å². The van der Waals surface area contributed by atoms with Crippen LogP contribution in [0.4, 0.5) is 5.69 Å². The molecule has 0 saturated carbocycles. The molecule has 3 rings (SSSR count). The van der Waals surface area contributed by atoms with Gasteiger partial charge in [0.25, 0.3) is 5.91 Å². The van der Waals surface area contributed by atoms with Crippen molar-refractivity contribution in [2.75, 3.05) is 11.5 Å². The second kappa shape index (κ2) is 7.53. The Balaban J connectivity index is 1.58. The molecule has 0 unspecified atom stereocenters. The molecule has 1 amide bonds. The molecule has 0 radical (unpaired) electrons. The zero-order chi connectivity index (χ0) is 17.8. The van der Waals surface area contributed by atoms with Crippen LogP contribution in [0, 0.1) is 0 Å². The predicted octanol–water partition coefficient (Wildman–Crippen LogP) is 3.87. The second-order valence-corrected chi connectivity index (χ2v) is 6.38. The van der Waals surface area contributed by atoms with Gasteiger partial charge in [0.1, 0.15) is 0 Å². The lowest BCUT2D eigenvalue weighted by atomic mass is 10.1. The van der Waals surface area contributed by atoms with E-state index in [1.807, 2.05) is 37.3 Å². The Hall–Kier alpha value is -2.59. The first kappa shape index (κ1) is 17.2. The molecule has 2 aromatic carbocycles. The van der Waals surface area contributed by atoms with Gasteiger partial charge in [-0.1, -0.05) is 41.9 Å². The summed E-state index contributed by atoms with van der Waals surface area (Å²) in [5, 5.41) is 0.590. The predicted molar refractivity (Wildman–Crippen MR) is 98.5 cm³/mol. The molecule has 128 valence electrons. The van der Waals surface area contributed by atoms with E-state index in [-0.39, 0.29) is 18.6 Å². The van der Waals surface area contributed by atoms with Crippen molar-refractivity contribution in [3.63, 3.8) is 0 Å². The molecule has 1 aliphatic heterocycles. The summed E-state index contributed by atoms with van der Waals surface area (Å²) in [6, 6.07) is 15.0. The minimum atomic E-state index is -0.562. The molecule has 1 aliphatic rings. The fourth-order valence-corrected chi connectivity index (χ4v) is 3.17. The molecule has 0 aromatic heterocycles. The number of halogens is 1. The largest absolute Gasteiger partial charge is 0.452 e. The standard InChI is InChI=1S/C20H18ClNO3/c1-14-11-16-6-2-3-8-18(16)22(14)19(23)13-25-20(24)10-9-15-5-4-7-17(21)12-15/h2-10,12,14H,11,13H2,1H3/b10-9+/t14-/m1/s1. The van der Waals surface area contributed by atoms with Crippen molar-refractivity contribution in [1.82, 2.24) is 0 Å². The average molecular weight is 356 g/mol. The highest BCUT2D eigenvalue weighted by Gasteiger charge is 2.30. The maximum Gasteiger partial charge on any atom is 0.331 e. The van der Waals surface area contributed by atoms with Crippen molar-refractivity contribution in [2.24, 2.45) is 0 Å². The molecular weight excluding hydrogens is 338 g/mol. The number of hydrogen-bond acceptors (Lipinski definition) is 3. The first-order valence-electron chi connectivity index (χ1n) is 8.05. The smallest absolute Gasteiger partial charge is 0.331 e. The summed E-state index contributed by atoms with van der Waals surface area (Å²) in [6.07, 6.45) is 3.71. The normalized spacial score (nSPS) is 16.1. The van der Waals surface area contributed by atoms with E-state index in [0.717, 1.165) is 23.2 Å². The Kier molecular flexibility index (Phi) is 5.19. The van der Waals surface area contributed by atoms with Crippen molar-refractivity contribution in [3.8, 4) is 0 Å². The molecule has 4 nitrogen and oxygen atoms in total. The Morgan fingerprint density at radius 2 is 2.04 bits per heavy atom. The van der Waals surface area contributed by atoms with E-state index >= 15 is 0 Å². The van der Waals surface area contributed by atoms with Crippen LogP contribution < -0.4 is 4.90 Å². The number of anilines is 1. The van der Waals surface area contributed by atoms with Crippen LogP contribution in [0.15, 0.2) is 54.6 Å². The minimum absolute atomic E-state index is 0.0607. The Bertz CT molecular complexity index is 831. The summed E-state index contributed by atoms with van der Waals surface area (Å²) in [4.78, 5) is 26.0. The number of ether oxygens (including phenoxy) is 1. The van der Waals surface area contributed by atoms with Gasteiger partial charge in [-0.3, -0.25) is 4.79 Å². The number of fused-ring (bicyclic) bond motifs is 1. The topological polar surface area (TPSA) is 46.6 Å². The van der Waals surface area contributed by atoms with Gasteiger partial charge in [0, 0.05) is 22.8 Å². The molecule has 0 N–H and O–H groups in total. The lowest BCUT2D eigenvalue weighted by Crippen LogP contribution is -2.38. The van der Waals surface area contributed by atoms with Gasteiger partial charge in [0.05, 0.1) is 0 Å². The number of amides is 1. The minimum Gasteiger partial charge on any atom is -0.452 e. The van der Waals surface area contributed by atoms with Crippen LogP contribution in [0.1, 0.15) is 18.1 Å². The average Bonchev–Trinajstić information content (AvgIpc) is 2.93. The van der Waals surface area contributed by atoms with Crippen molar-refractivity contribution in [2.45, 2.75) is 19.4 Å². The number of carbonyl (C=O) groups excluding carboxylic acids is 2. The zero-order valence-electron chi connectivity index (χ0n) is 13.8. The van der Waals surface area contributed by atoms with Crippen LogP contribution in [-0.4, -0.2) is 24.5 Å². The summed E-state index contributed by atoms with van der Waals surface area (Å²) in [7, 11) is 0. The first-order chi connectivity index (χ1) is 12.0. The van der Waals surface area contributed by atoms with Crippen molar-refractivity contribution in [3.05, 3.63) is 70.8 Å². The fraction of sp³-hybridized carbons (Fsp3) is 0.200. The maximum absolute atomic E-state index is 12.4. The van der Waals surface area contributed by atoms with Gasteiger partial charge >= 0.3 is 5.97 Å². The maximum atomic E-state index is 12.4. The highest BCUT2D eigenvalue weighted by molar-refractivity contribution is 6.30. The first-order valence-corrected chi connectivity index (χ1v) is 8.43. The van der Waals surface area contributed by atoms with Gasteiger partial charge in [-0.05, 0) is 48.7 Å².